The van der Waals surface area contributed by atoms with E-state index in [4.69, 9.17) is 4.74 Å². The van der Waals surface area contributed by atoms with Gasteiger partial charge in [-0.15, -0.1) is 0 Å². The van der Waals surface area contributed by atoms with Gasteiger partial charge in [0.25, 0.3) is 0 Å². The van der Waals surface area contributed by atoms with Crippen molar-refractivity contribution in [3.05, 3.63) is 12.2 Å². The lowest BCUT2D eigenvalue weighted by Gasteiger charge is -2.21. The minimum atomic E-state index is -0.672. The molecule has 0 saturated heterocycles. The number of esters is 2. The minimum absolute atomic E-state index is 0.0232. The molecule has 108 valence electrons. The maximum atomic E-state index is 11.3. The van der Waals surface area contributed by atoms with Gasteiger partial charge < -0.3 is 20.1 Å². The molecule has 0 aromatic rings. The zero-order chi connectivity index (χ0) is 14.8. The van der Waals surface area contributed by atoms with Gasteiger partial charge in [0.2, 0.25) is 0 Å². The Morgan fingerprint density at radius 2 is 1.74 bits per heavy atom. The van der Waals surface area contributed by atoms with Crippen molar-refractivity contribution in [3.8, 4) is 0 Å². The van der Waals surface area contributed by atoms with E-state index >= 15 is 0 Å². The van der Waals surface area contributed by atoms with Gasteiger partial charge in [-0.2, -0.15) is 0 Å². The maximum absolute atomic E-state index is 11.3. The lowest BCUT2D eigenvalue weighted by molar-refractivity contribution is -0.140. The van der Waals surface area contributed by atoms with Crippen molar-refractivity contribution >= 4 is 18.0 Å². The molecular formula is C12H20N2O5. The molecule has 0 aliphatic carbocycles. The Hall–Kier alpha value is -2.05. The van der Waals surface area contributed by atoms with Crippen molar-refractivity contribution in [2.24, 2.45) is 5.92 Å². The number of hydrogen-bond acceptors (Lipinski definition) is 5. The Kier molecular flexibility index (Phi) is 7.99. The molecule has 0 fully saturated rings. The number of amides is 2. The van der Waals surface area contributed by atoms with Crippen LogP contribution in [-0.2, 0) is 19.1 Å². The van der Waals surface area contributed by atoms with Gasteiger partial charge >= 0.3 is 18.0 Å². The van der Waals surface area contributed by atoms with E-state index < -0.39 is 11.9 Å². The summed E-state index contributed by atoms with van der Waals surface area (Å²) in [6.45, 7) is 3.80. The molecule has 0 radical (unpaired) electrons. The maximum Gasteiger partial charge on any atom is 0.331 e. The molecule has 0 aromatic carbocycles. The topological polar surface area (TPSA) is 93.7 Å². The van der Waals surface area contributed by atoms with Crippen molar-refractivity contribution in [2.75, 3.05) is 20.8 Å². The number of urea groups is 1. The van der Waals surface area contributed by atoms with Gasteiger partial charge in [0.1, 0.15) is 6.61 Å². The van der Waals surface area contributed by atoms with Crippen LogP contribution < -0.4 is 10.6 Å². The molecular weight excluding hydrogens is 252 g/mol. The summed E-state index contributed by atoms with van der Waals surface area (Å²) in [5.41, 5.74) is 0. The number of hydrogen-bond donors (Lipinski definition) is 2. The molecule has 19 heavy (non-hydrogen) atoms. The second-order valence-electron chi connectivity index (χ2n) is 4.06. The highest BCUT2D eigenvalue weighted by atomic mass is 16.5. The molecule has 1 atom stereocenters. The zero-order valence-electron chi connectivity index (χ0n) is 11.6. The average Bonchev–Trinajstić information content (AvgIpc) is 2.39. The van der Waals surface area contributed by atoms with Crippen LogP contribution in [0.3, 0.4) is 0 Å². The van der Waals surface area contributed by atoms with Gasteiger partial charge in [-0.25, -0.2) is 14.4 Å². The molecule has 0 saturated carbocycles. The van der Waals surface area contributed by atoms with Crippen molar-refractivity contribution in [1.82, 2.24) is 10.6 Å². The van der Waals surface area contributed by atoms with E-state index in [1.807, 2.05) is 13.8 Å². The summed E-state index contributed by atoms with van der Waals surface area (Å²) in [5.74, 6) is -1.22. The fourth-order valence-electron chi connectivity index (χ4n) is 1.07. The third-order valence-corrected chi connectivity index (χ3v) is 2.31. The van der Waals surface area contributed by atoms with Crippen molar-refractivity contribution in [1.29, 1.82) is 0 Å². The molecule has 7 heteroatoms. The Bertz CT molecular complexity index is 352. The molecule has 2 N–H and O–H groups in total. The summed E-state index contributed by atoms with van der Waals surface area (Å²) in [4.78, 5) is 33.3. The van der Waals surface area contributed by atoms with Crippen LogP contribution in [0.4, 0.5) is 4.79 Å². The van der Waals surface area contributed by atoms with Gasteiger partial charge in [0.15, 0.2) is 0 Å². The summed E-state index contributed by atoms with van der Waals surface area (Å²) in [6.07, 6.45) is 1.95. The van der Waals surface area contributed by atoms with Gasteiger partial charge in [0, 0.05) is 19.2 Å². The predicted molar refractivity (Wildman–Crippen MR) is 68.3 cm³/mol. The lowest BCUT2D eigenvalue weighted by Crippen LogP contribution is -2.46. The van der Waals surface area contributed by atoms with Crippen LogP contribution in [0, 0.1) is 5.92 Å². The summed E-state index contributed by atoms with van der Waals surface area (Å²) < 4.78 is 9.26. The van der Waals surface area contributed by atoms with E-state index in [0.29, 0.717) is 0 Å². The first kappa shape index (κ1) is 16.9. The number of nitrogens with one attached hydrogen (secondary N) is 2. The first-order chi connectivity index (χ1) is 8.90. The van der Waals surface area contributed by atoms with Gasteiger partial charge in [-0.05, 0) is 5.92 Å². The molecule has 0 aromatic heterocycles. The number of methoxy groups -OCH3 is 1. The molecule has 0 aliphatic rings. The van der Waals surface area contributed by atoms with E-state index in [-0.39, 0.29) is 24.6 Å². The highest BCUT2D eigenvalue weighted by Crippen LogP contribution is 2.02. The fraction of sp³-hybridized carbons (Fsp3) is 0.583. The van der Waals surface area contributed by atoms with E-state index in [1.165, 1.54) is 14.2 Å². The smallest absolute Gasteiger partial charge is 0.331 e. The van der Waals surface area contributed by atoms with Crippen LogP contribution in [0.15, 0.2) is 12.2 Å². The van der Waals surface area contributed by atoms with Gasteiger partial charge in [-0.1, -0.05) is 13.8 Å². The zero-order valence-corrected chi connectivity index (χ0v) is 11.6. The number of rotatable bonds is 6. The second-order valence-corrected chi connectivity index (χ2v) is 4.06. The number of carbonyl (C=O) groups is 3. The first-order valence-corrected chi connectivity index (χ1v) is 5.81. The fourth-order valence-corrected chi connectivity index (χ4v) is 1.07. The molecule has 0 aliphatic heterocycles. The van der Waals surface area contributed by atoms with Crippen LogP contribution >= 0.6 is 0 Å². The average molecular weight is 272 g/mol. The molecule has 7 nitrogen and oxygen atoms in total. The Morgan fingerprint density at radius 3 is 2.21 bits per heavy atom. The number of ether oxygens (including phenoxy) is 2. The molecule has 0 spiro atoms. The lowest BCUT2D eigenvalue weighted by atomic mass is 10.1. The quantitative estimate of drug-likeness (QED) is 0.532. The van der Waals surface area contributed by atoms with Crippen LogP contribution in [0.2, 0.25) is 0 Å². The van der Waals surface area contributed by atoms with Crippen LogP contribution in [0.25, 0.3) is 0 Å². The SMILES string of the molecule is CNC(=O)NC(COC(=O)C=CC(=O)OC)C(C)C. The molecule has 0 bridgehead atoms. The van der Waals surface area contributed by atoms with Crippen molar-refractivity contribution in [2.45, 2.75) is 19.9 Å². The summed E-state index contributed by atoms with van der Waals surface area (Å²) in [7, 11) is 2.71. The molecule has 0 heterocycles. The van der Waals surface area contributed by atoms with E-state index in [9.17, 15) is 14.4 Å². The normalized spacial score (nSPS) is 12.1. The predicted octanol–water partition coefficient (Wildman–Crippen LogP) is 0.212. The standard InChI is InChI=1S/C12H20N2O5/c1-8(2)9(14-12(17)13-3)7-19-11(16)6-5-10(15)18-4/h5-6,8-9H,7H2,1-4H3,(H2,13,14,17). The van der Waals surface area contributed by atoms with E-state index in [1.54, 1.807) is 0 Å². The monoisotopic (exact) mass is 272 g/mol. The highest BCUT2D eigenvalue weighted by Gasteiger charge is 2.17. The van der Waals surface area contributed by atoms with E-state index in [0.717, 1.165) is 12.2 Å². The number of carbonyl (C=O) groups excluding carboxylic acids is 3. The Balaban J connectivity index is 4.25. The highest BCUT2D eigenvalue weighted by molar-refractivity contribution is 5.91. The third-order valence-electron chi connectivity index (χ3n) is 2.31. The van der Waals surface area contributed by atoms with Crippen LogP contribution in [0.1, 0.15) is 13.8 Å². The minimum Gasteiger partial charge on any atom is -0.466 e. The third kappa shape index (κ3) is 7.80. The molecule has 1 unspecified atom stereocenters. The van der Waals surface area contributed by atoms with Crippen LogP contribution in [-0.4, -0.2) is 44.8 Å². The van der Waals surface area contributed by atoms with Gasteiger partial charge in [0.05, 0.1) is 13.2 Å². The molecule has 2 amide bonds. The summed E-state index contributed by atoms with van der Waals surface area (Å²) >= 11 is 0. The molecule has 0 rings (SSSR count). The Morgan fingerprint density at radius 1 is 1.16 bits per heavy atom. The Labute approximate surface area is 112 Å². The van der Waals surface area contributed by atoms with Crippen molar-refractivity contribution < 1.29 is 23.9 Å². The van der Waals surface area contributed by atoms with Gasteiger partial charge in [-0.3, -0.25) is 0 Å². The summed E-state index contributed by atoms with van der Waals surface area (Å²) in [6, 6.07) is -0.657. The van der Waals surface area contributed by atoms with Crippen molar-refractivity contribution in [3.63, 3.8) is 0 Å². The summed E-state index contributed by atoms with van der Waals surface area (Å²) in [5, 5.41) is 5.07. The largest absolute Gasteiger partial charge is 0.466 e. The first-order valence-electron chi connectivity index (χ1n) is 5.81. The van der Waals surface area contributed by atoms with E-state index in [2.05, 4.69) is 15.4 Å². The van der Waals surface area contributed by atoms with Crippen LogP contribution in [0.5, 0.6) is 0 Å². The second kappa shape index (κ2) is 8.96.